The molecule has 98 valence electrons. The van der Waals surface area contributed by atoms with Crippen LogP contribution in [0.5, 0.6) is 0 Å². The maximum atomic E-state index is 13.4. The van der Waals surface area contributed by atoms with Gasteiger partial charge in [0, 0.05) is 0 Å². The number of hydrogen-bond acceptors (Lipinski definition) is 1. The first-order valence-corrected chi connectivity index (χ1v) is 6.37. The van der Waals surface area contributed by atoms with Gasteiger partial charge in [0.15, 0.2) is 11.6 Å². The van der Waals surface area contributed by atoms with Crippen LogP contribution >= 0.6 is 0 Å². The van der Waals surface area contributed by atoms with Gasteiger partial charge in [-0.25, -0.2) is 8.78 Å². The summed E-state index contributed by atoms with van der Waals surface area (Å²) in [4.78, 5) is 0. The maximum absolute atomic E-state index is 13.4. The summed E-state index contributed by atoms with van der Waals surface area (Å²) in [5.74, 6) is -1.81. The highest BCUT2D eigenvalue weighted by Crippen LogP contribution is 2.40. The third kappa shape index (κ3) is 1.94. The number of halogens is 2. The topological polar surface area (TPSA) is 20.2 Å². The van der Waals surface area contributed by atoms with E-state index in [0.717, 1.165) is 36.1 Å². The fraction of sp³-hybridized carbons (Fsp3) is 0.250. The highest BCUT2D eigenvalue weighted by atomic mass is 19.2. The number of rotatable bonds is 1. The van der Waals surface area contributed by atoms with Gasteiger partial charge in [-0.15, -0.1) is 0 Å². The van der Waals surface area contributed by atoms with Crippen LogP contribution < -0.4 is 0 Å². The van der Waals surface area contributed by atoms with Gasteiger partial charge in [-0.05, 0) is 48.1 Å². The third-order valence-corrected chi connectivity index (χ3v) is 3.84. The quantitative estimate of drug-likeness (QED) is 0.831. The molecule has 19 heavy (non-hydrogen) atoms. The average Bonchev–Trinajstić information content (AvgIpc) is 2.42. The summed E-state index contributed by atoms with van der Waals surface area (Å²) in [5.41, 5.74) is 1.07. The van der Waals surface area contributed by atoms with Gasteiger partial charge < -0.3 is 5.11 Å². The first-order chi connectivity index (χ1) is 9.11. The lowest BCUT2D eigenvalue weighted by Gasteiger charge is -2.35. The molecule has 0 radical (unpaired) electrons. The second-order valence-electron chi connectivity index (χ2n) is 5.00. The van der Waals surface area contributed by atoms with Crippen LogP contribution in [0.2, 0.25) is 0 Å². The number of fused-ring (bicyclic) bond motifs is 1. The molecule has 0 saturated heterocycles. The van der Waals surface area contributed by atoms with Crippen molar-refractivity contribution in [2.45, 2.75) is 24.9 Å². The zero-order valence-electron chi connectivity index (χ0n) is 10.4. The number of aliphatic hydroxyl groups is 1. The predicted molar refractivity (Wildman–Crippen MR) is 68.7 cm³/mol. The van der Waals surface area contributed by atoms with Crippen molar-refractivity contribution in [1.29, 1.82) is 0 Å². The first kappa shape index (κ1) is 12.3. The molecule has 1 aliphatic carbocycles. The molecule has 0 fully saturated rings. The average molecular weight is 260 g/mol. The van der Waals surface area contributed by atoms with Crippen molar-refractivity contribution in [3.05, 3.63) is 70.8 Å². The molecule has 0 amide bonds. The molecule has 0 aliphatic heterocycles. The van der Waals surface area contributed by atoms with Crippen molar-refractivity contribution in [1.82, 2.24) is 0 Å². The summed E-state index contributed by atoms with van der Waals surface area (Å²) in [6, 6.07) is 11.2. The van der Waals surface area contributed by atoms with E-state index in [1.54, 1.807) is 0 Å². The van der Waals surface area contributed by atoms with Gasteiger partial charge in [-0.3, -0.25) is 0 Å². The van der Waals surface area contributed by atoms with Gasteiger partial charge in [0.1, 0.15) is 5.60 Å². The Labute approximate surface area is 110 Å². The van der Waals surface area contributed by atoms with Crippen LogP contribution in [0.3, 0.4) is 0 Å². The van der Waals surface area contributed by atoms with Crippen molar-refractivity contribution >= 4 is 0 Å². The van der Waals surface area contributed by atoms with Gasteiger partial charge in [0.05, 0.1) is 0 Å². The fourth-order valence-electron chi connectivity index (χ4n) is 2.86. The zero-order valence-corrected chi connectivity index (χ0v) is 10.4. The molecule has 0 bridgehead atoms. The molecule has 1 N–H and O–H groups in total. The Kier molecular flexibility index (Phi) is 2.86. The molecule has 3 heteroatoms. The summed E-state index contributed by atoms with van der Waals surface area (Å²) >= 11 is 0. The van der Waals surface area contributed by atoms with Crippen molar-refractivity contribution in [3.63, 3.8) is 0 Å². The van der Waals surface area contributed by atoms with Gasteiger partial charge in [-0.2, -0.15) is 0 Å². The number of benzene rings is 2. The Hall–Kier alpha value is -1.74. The molecule has 3 rings (SSSR count). The lowest BCUT2D eigenvalue weighted by Crippen LogP contribution is -2.32. The maximum Gasteiger partial charge on any atom is 0.159 e. The van der Waals surface area contributed by atoms with Crippen LogP contribution in [0, 0.1) is 11.6 Å². The highest BCUT2D eigenvalue weighted by Gasteiger charge is 2.36. The van der Waals surface area contributed by atoms with Crippen LogP contribution in [-0.2, 0) is 12.0 Å². The van der Waals surface area contributed by atoms with E-state index in [0.29, 0.717) is 12.0 Å². The van der Waals surface area contributed by atoms with E-state index in [1.165, 1.54) is 6.07 Å². The summed E-state index contributed by atoms with van der Waals surface area (Å²) < 4.78 is 26.4. The molecule has 0 spiro atoms. The van der Waals surface area contributed by atoms with Gasteiger partial charge in [0.25, 0.3) is 0 Å². The van der Waals surface area contributed by atoms with Crippen molar-refractivity contribution in [2.24, 2.45) is 0 Å². The molecule has 2 aromatic rings. The first-order valence-electron chi connectivity index (χ1n) is 6.37. The summed E-state index contributed by atoms with van der Waals surface area (Å²) in [7, 11) is 0. The van der Waals surface area contributed by atoms with Crippen LogP contribution in [-0.4, -0.2) is 5.11 Å². The highest BCUT2D eigenvalue weighted by molar-refractivity contribution is 5.43. The summed E-state index contributed by atoms with van der Waals surface area (Å²) in [5, 5.41) is 10.9. The normalized spacial score (nSPS) is 22.1. The Morgan fingerprint density at radius 3 is 2.58 bits per heavy atom. The molecular weight excluding hydrogens is 246 g/mol. The molecule has 0 heterocycles. The van der Waals surface area contributed by atoms with E-state index in [1.807, 2.05) is 24.3 Å². The Morgan fingerprint density at radius 2 is 1.79 bits per heavy atom. The minimum atomic E-state index is -1.22. The van der Waals surface area contributed by atoms with E-state index in [4.69, 9.17) is 0 Å². The Morgan fingerprint density at radius 1 is 1.00 bits per heavy atom. The summed E-state index contributed by atoms with van der Waals surface area (Å²) in [6.07, 6.45) is 2.25. The third-order valence-electron chi connectivity index (χ3n) is 3.84. The molecule has 0 saturated carbocycles. The van der Waals surface area contributed by atoms with Gasteiger partial charge >= 0.3 is 0 Å². The lowest BCUT2D eigenvalue weighted by molar-refractivity contribution is 0.0611. The number of aryl methyl sites for hydroxylation is 1. The molecule has 0 aromatic heterocycles. The SMILES string of the molecule is OC1(c2ccc(F)c(F)c2)CCCc2ccccc21. The van der Waals surface area contributed by atoms with Gasteiger partial charge in [0.2, 0.25) is 0 Å². The Bertz CT molecular complexity index is 624. The standard InChI is InChI=1S/C16H14F2O/c17-14-8-7-12(10-15(14)18)16(19)9-3-5-11-4-1-2-6-13(11)16/h1-2,4,6-8,10,19H,3,5,9H2. The van der Waals surface area contributed by atoms with Crippen LogP contribution in [0.25, 0.3) is 0 Å². The number of hydrogen-bond donors (Lipinski definition) is 1. The Balaban J connectivity index is 2.16. The molecule has 1 aliphatic rings. The largest absolute Gasteiger partial charge is 0.380 e. The van der Waals surface area contributed by atoms with Crippen LogP contribution in [0.1, 0.15) is 29.5 Å². The van der Waals surface area contributed by atoms with Crippen molar-refractivity contribution in [2.75, 3.05) is 0 Å². The van der Waals surface area contributed by atoms with Crippen LogP contribution in [0.4, 0.5) is 8.78 Å². The summed E-state index contributed by atoms with van der Waals surface area (Å²) in [6.45, 7) is 0. The van der Waals surface area contributed by atoms with E-state index >= 15 is 0 Å². The predicted octanol–water partition coefficient (Wildman–Crippen LogP) is 3.54. The molecule has 1 atom stereocenters. The van der Waals surface area contributed by atoms with E-state index < -0.39 is 17.2 Å². The van der Waals surface area contributed by atoms with Crippen LogP contribution in [0.15, 0.2) is 42.5 Å². The second kappa shape index (κ2) is 4.42. The minimum Gasteiger partial charge on any atom is -0.380 e. The van der Waals surface area contributed by atoms with E-state index in [2.05, 4.69) is 0 Å². The van der Waals surface area contributed by atoms with E-state index in [-0.39, 0.29) is 0 Å². The van der Waals surface area contributed by atoms with Crippen molar-refractivity contribution in [3.8, 4) is 0 Å². The molecular formula is C16H14F2O. The monoisotopic (exact) mass is 260 g/mol. The minimum absolute atomic E-state index is 0.415. The van der Waals surface area contributed by atoms with Crippen molar-refractivity contribution < 1.29 is 13.9 Å². The zero-order chi connectivity index (χ0) is 13.5. The molecule has 1 nitrogen and oxygen atoms in total. The molecule has 1 unspecified atom stereocenters. The fourth-order valence-corrected chi connectivity index (χ4v) is 2.86. The lowest BCUT2D eigenvalue weighted by atomic mass is 9.75. The smallest absolute Gasteiger partial charge is 0.159 e. The second-order valence-corrected chi connectivity index (χ2v) is 5.00. The van der Waals surface area contributed by atoms with Gasteiger partial charge in [-0.1, -0.05) is 30.3 Å². The molecule has 2 aromatic carbocycles. The van der Waals surface area contributed by atoms with E-state index in [9.17, 15) is 13.9 Å².